The molecule has 1 aromatic carbocycles. The molecule has 2 rings (SSSR count). The normalized spacial score (nSPS) is 17.1. The van der Waals surface area contributed by atoms with E-state index < -0.39 is 12.0 Å². The second-order valence-corrected chi connectivity index (χ2v) is 4.41. The minimum atomic E-state index is -0.832. The van der Waals surface area contributed by atoms with Crippen LogP contribution in [0.4, 0.5) is 0 Å². The fourth-order valence-corrected chi connectivity index (χ4v) is 2.02. The molecule has 2 unspecified atom stereocenters. The number of rotatable bonds is 4. The number of hydrogen-bond acceptors (Lipinski definition) is 3. The molecule has 0 aliphatic carbocycles. The van der Waals surface area contributed by atoms with Crippen molar-refractivity contribution in [3.63, 3.8) is 0 Å². The third-order valence-corrected chi connectivity index (χ3v) is 3.08. The standard InChI is InChI=1S/C13H17NO3/c1-8(14-9(2)13(15)16)10-3-4-12-11(7-10)5-6-17-12/h3-4,7-9,14H,5-6H2,1-2H3,(H,15,16). The smallest absolute Gasteiger partial charge is 0.320 e. The van der Waals surface area contributed by atoms with Gasteiger partial charge in [0.2, 0.25) is 0 Å². The average molecular weight is 235 g/mol. The maximum absolute atomic E-state index is 10.8. The lowest BCUT2D eigenvalue weighted by Crippen LogP contribution is -2.35. The van der Waals surface area contributed by atoms with E-state index in [9.17, 15) is 4.79 Å². The second kappa shape index (κ2) is 4.75. The van der Waals surface area contributed by atoms with Crippen LogP contribution in [0, 0.1) is 0 Å². The number of carboxylic acids is 1. The van der Waals surface area contributed by atoms with E-state index in [-0.39, 0.29) is 6.04 Å². The van der Waals surface area contributed by atoms with Crippen molar-refractivity contribution in [1.29, 1.82) is 0 Å². The molecule has 1 aliphatic rings. The Hall–Kier alpha value is -1.55. The van der Waals surface area contributed by atoms with Crippen LogP contribution in [0.1, 0.15) is 31.0 Å². The zero-order valence-electron chi connectivity index (χ0n) is 10.1. The number of ether oxygens (including phenoxy) is 1. The van der Waals surface area contributed by atoms with Gasteiger partial charge in [0.05, 0.1) is 6.61 Å². The Bertz CT molecular complexity index is 431. The first kappa shape index (κ1) is 11.9. The number of aliphatic carboxylic acids is 1. The number of carboxylic acid groups (broad SMARTS) is 1. The Morgan fingerprint density at radius 2 is 2.24 bits per heavy atom. The topological polar surface area (TPSA) is 58.6 Å². The molecule has 0 saturated heterocycles. The molecule has 1 aliphatic heterocycles. The average Bonchev–Trinajstić information content (AvgIpc) is 2.75. The van der Waals surface area contributed by atoms with Gasteiger partial charge in [0.1, 0.15) is 11.8 Å². The fourth-order valence-electron chi connectivity index (χ4n) is 2.02. The Balaban J connectivity index is 2.09. The summed E-state index contributed by atoms with van der Waals surface area (Å²) in [6.07, 6.45) is 0.935. The zero-order chi connectivity index (χ0) is 12.4. The highest BCUT2D eigenvalue weighted by Gasteiger charge is 2.17. The van der Waals surface area contributed by atoms with Gasteiger partial charge in [0.15, 0.2) is 0 Å². The van der Waals surface area contributed by atoms with Gasteiger partial charge in [-0.3, -0.25) is 10.1 Å². The molecule has 17 heavy (non-hydrogen) atoms. The summed E-state index contributed by atoms with van der Waals surface area (Å²) in [7, 11) is 0. The quantitative estimate of drug-likeness (QED) is 0.834. The molecule has 0 amide bonds. The first-order valence-corrected chi connectivity index (χ1v) is 5.82. The van der Waals surface area contributed by atoms with Crippen molar-refractivity contribution in [3.8, 4) is 5.75 Å². The van der Waals surface area contributed by atoms with Crippen molar-refractivity contribution in [2.24, 2.45) is 0 Å². The molecule has 0 saturated carbocycles. The maximum Gasteiger partial charge on any atom is 0.320 e. The van der Waals surface area contributed by atoms with Crippen LogP contribution in [0.15, 0.2) is 18.2 Å². The Morgan fingerprint density at radius 3 is 2.94 bits per heavy atom. The van der Waals surface area contributed by atoms with Gasteiger partial charge in [0.25, 0.3) is 0 Å². The molecule has 2 atom stereocenters. The van der Waals surface area contributed by atoms with Crippen LogP contribution in [0.25, 0.3) is 0 Å². The van der Waals surface area contributed by atoms with Gasteiger partial charge in [0, 0.05) is 12.5 Å². The molecule has 4 nitrogen and oxygen atoms in total. The second-order valence-electron chi connectivity index (χ2n) is 4.41. The molecular formula is C13H17NO3. The van der Waals surface area contributed by atoms with Crippen molar-refractivity contribution < 1.29 is 14.6 Å². The predicted molar refractivity (Wildman–Crippen MR) is 64.3 cm³/mol. The van der Waals surface area contributed by atoms with Gasteiger partial charge in [-0.1, -0.05) is 12.1 Å². The minimum Gasteiger partial charge on any atom is -0.493 e. The van der Waals surface area contributed by atoms with Crippen LogP contribution in [0.2, 0.25) is 0 Å². The molecule has 0 aromatic heterocycles. The first-order valence-electron chi connectivity index (χ1n) is 5.82. The molecule has 0 fully saturated rings. The van der Waals surface area contributed by atoms with Gasteiger partial charge in [-0.05, 0) is 31.0 Å². The third kappa shape index (κ3) is 2.58. The number of fused-ring (bicyclic) bond motifs is 1. The van der Waals surface area contributed by atoms with Crippen LogP contribution in [-0.4, -0.2) is 23.7 Å². The van der Waals surface area contributed by atoms with Crippen molar-refractivity contribution >= 4 is 5.97 Å². The monoisotopic (exact) mass is 235 g/mol. The predicted octanol–water partition coefficient (Wildman–Crippen LogP) is 1.75. The lowest BCUT2D eigenvalue weighted by Gasteiger charge is -2.18. The molecule has 1 aromatic rings. The van der Waals surface area contributed by atoms with Crippen LogP contribution >= 0.6 is 0 Å². The highest BCUT2D eigenvalue weighted by atomic mass is 16.5. The summed E-state index contributed by atoms with van der Waals surface area (Å²) in [6.45, 7) is 4.36. The van der Waals surface area contributed by atoms with E-state index in [1.54, 1.807) is 6.92 Å². The molecular weight excluding hydrogens is 218 g/mol. The molecule has 1 heterocycles. The lowest BCUT2D eigenvalue weighted by molar-refractivity contribution is -0.139. The third-order valence-electron chi connectivity index (χ3n) is 3.08. The zero-order valence-corrected chi connectivity index (χ0v) is 10.1. The van der Waals surface area contributed by atoms with E-state index in [2.05, 4.69) is 11.4 Å². The summed E-state index contributed by atoms with van der Waals surface area (Å²) in [5.74, 6) is 0.119. The lowest BCUT2D eigenvalue weighted by atomic mass is 10.0. The molecule has 0 spiro atoms. The number of hydrogen-bond donors (Lipinski definition) is 2. The van der Waals surface area contributed by atoms with Gasteiger partial charge in [-0.25, -0.2) is 0 Å². The summed E-state index contributed by atoms with van der Waals surface area (Å²) >= 11 is 0. The van der Waals surface area contributed by atoms with Crippen LogP contribution in [0.3, 0.4) is 0 Å². The molecule has 92 valence electrons. The van der Waals surface area contributed by atoms with Crippen LogP contribution < -0.4 is 10.1 Å². The number of benzene rings is 1. The van der Waals surface area contributed by atoms with Crippen molar-refractivity contribution in [2.75, 3.05) is 6.61 Å². The highest BCUT2D eigenvalue weighted by molar-refractivity contribution is 5.72. The molecule has 4 heteroatoms. The van der Waals surface area contributed by atoms with Crippen molar-refractivity contribution in [3.05, 3.63) is 29.3 Å². The summed E-state index contributed by atoms with van der Waals surface area (Å²) in [5, 5.41) is 11.9. The van der Waals surface area contributed by atoms with Crippen LogP contribution in [-0.2, 0) is 11.2 Å². The van der Waals surface area contributed by atoms with E-state index in [0.717, 1.165) is 24.3 Å². The van der Waals surface area contributed by atoms with Gasteiger partial charge < -0.3 is 9.84 Å². The Labute approximate surface area is 101 Å². The Morgan fingerprint density at radius 1 is 1.47 bits per heavy atom. The van der Waals surface area contributed by atoms with E-state index >= 15 is 0 Å². The van der Waals surface area contributed by atoms with Gasteiger partial charge >= 0.3 is 5.97 Å². The number of carbonyl (C=O) groups is 1. The van der Waals surface area contributed by atoms with Gasteiger partial charge in [-0.15, -0.1) is 0 Å². The van der Waals surface area contributed by atoms with E-state index in [1.807, 2.05) is 19.1 Å². The fraction of sp³-hybridized carbons (Fsp3) is 0.462. The van der Waals surface area contributed by atoms with Crippen LogP contribution in [0.5, 0.6) is 5.75 Å². The molecule has 2 N–H and O–H groups in total. The number of nitrogens with one attached hydrogen (secondary N) is 1. The SMILES string of the molecule is CC(NC(C)c1ccc2c(c1)CCO2)C(=O)O. The van der Waals surface area contributed by atoms with Crippen molar-refractivity contribution in [2.45, 2.75) is 32.4 Å². The van der Waals surface area contributed by atoms with E-state index in [1.165, 1.54) is 5.56 Å². The summed E-state index contributed by atoms with van der Waals surface area (Å²) < 4.78 is 5.44. The Kier molecular flexibility index (Phi) is 3.33. The van der Waals surface area contributed by atoms with Gasteiger partial charge in [-0.2, -0.15) is 0 Å². The van der Waals surface area contributed by atoms with E-state index in [4.69, 9.17) is 9.84 Å². The molecule has 0 radical (unpaired) electrons. The minimum absolute atomic E-state index is 0.0204. The summed E-state index contributed by atoms with van der Waals surface area (Å²) in [6, 6.07) is 5.51. The highest BCUT2D eigenvalue weighted by Crippen LogP contribution is 2.28. The first-order chi connectivity index (χ1) is 8.08. The summed E-state index contributed by atoms with van der Waals surface area (Å²) in [5.41, 5.74) is 2.31. The maximum atomic E-state index is 10.8. The summed E-state index contributed by atoms with van der Waals surface area (Å²) in [4.78, 5) is 10.8. The van der Waals surface area contributed by atoms with Crippen molar-refractivity contribution in [1.82, 2.24) is 5.32 Å². The van der Waals surface area contributed by atoms with E-state index in [0.29, 0.717) is 0 Å². The largest absolute Gasteiger partial charge is 0.493 e. The molecule has 0 bridgehead atoms.